The monoisotopic (exact) mass is 179 g/mol. The van der Waals surface area contributed by atoms with Gasteiger partial charge in [-0.05, 0) is 38.1 Å². The number of rotatable bonds is 2. The van der Waals surface area contributed by atoms with Crippen LogP contribution in [0, 0.1) is 5.82 Å². The molecule has 2 heteroatoms. The minimum Gasteiger partial charge on any atom is -0.349 e. The van der Waals surface area contributed by atoms with E-state index in [2.05, 4.69) is 0 Å². The molecule has 0 saturated carbocycles. The van der Waals surface area contributed by atoms with Gasteiger partial charge in [0.1, 0.15) is 5.82 Å². The van der Waals surface area contributed by atoms with Gasteiger partial charge in [-0.3, -0.25) is 0 Å². The number of hydrogen-bond acceptors (Lipinski definition) is 1. The second-order valence-corrected chi connectivity index (χ2v) is 2.97. The molecule has 0 aliphatic heterocycles. The second-order valence-electron chi connectivity index (χ2n) is 2.97. The second kappa shape index (κ2) is 4.08. The van der Waals surface area contributed by atoms with E-state index in [1.54, 1.807) is 12.1 Å². The Bertz CT molecular complexity index is 300. The van der Waals surface area contributed by atoms with E-state index in [9.17, 15) is 4.39 Å². The minimum absolute atomic E-state index is 0.199. The van der Waals surface area contributed by atoms with Crippen molar-refractivity contribution in [1.29, 1.82) is 0 Å². The fourth-order valence-corrected chi connectivity index (χ4v) is 1.06. The largest absolute Gasteiger partial charge is 0.349 e. The van der Waals surface area contributed by atoms with Gasteiger partial charge in [0, 0.05) is 18.4 Å². The highest BCUT2D eigenvalue weighted by molar-refractivity contribution is 5.50. The Balaban J connectivity index is 2.89. The quantitative estimate of drug-likeness (QED) is 0.674. The summed E-state index contributed by atoms with van der Waals surface area (Å²) in [6, 6.07) is 6.47. The van der Waals surface area contributed by atoms with E-state index in [0.29, 0.717) is 0 Å². The summed E-state index contributed by atoms with van der Waals surface area (Å²) in [5.41, 5.74) is 2.14. The molecular weight excluding hydrogens is 165 g/mol. The van der Waals surface area contributed by atoms with Crippen LogP contribution in [0.2, 0.25) is 0 Å². The van der Waals surface area contributed by atoms with E-state index in [-0.39, 0.29) is 5.82 Å². The molecule has 0 heterocycles. The maximum Gasteiger partial charge on any atom is 0.123 e. The maximum atomic E-state index is 12.6. The molecule has 0 aliphatic carbocycles. The molecule has 1 rings (SSSR count). The van der Waals surface area contributed by atoms with Crippen molar-refractivity contribution in [3.63, 3.8) is 0 Å². The van der Waals surface area contributed by atoms with Crippen LogP contribution in [0.25, 0.3) is 0 Å². The normalized spacial score (nSPS) is 11.5. The van der Waals surface area contributed by atoms with Gasteiger partial charge < -0.3 is 4.90 Å². The van der Waals surface area contributed by atoms with Crippen LogP contribution in [0.3, 0.4) is 0 Å². The van der Waals surface area contributed by atoms with Gasteiger partial charge >= 0.3 is 0 Å². The third-order valence-electron chi connectivity index (χ3n) is 2.16. The lowest BCUT2D eigenvalue weighted by molar-refractivity contribution is 0.628. The Morgan fingerprint density at radius 3 is 2.31 bits per heavy atom. The van der Waals surface area contributed by atoms with Crippen LogP contribution in [0.4, 0.5) is 10.1 Å². The zero-order valence-corrected chi connectivity index (χ0v) is 8.21. The summed E-state index contributed by atoms with van der Waals surface area (Å²) in [4.78, 5) is 2.01. The molecule has 0 saturated heterocycles. The van der Waals surface area contributed by atoms with Crippen molar-refractivity contribution in [3.05, 3.63) is 41.9 Å². The van der Waals surface area contributed by atoms with E-state index in [1.165, 1.54) is 12.1 Å². The van der Waals surface area contributed by atoms with Gasteiger partial charge in [0.15, 0.2) is 0 Å². The van der Waals surface area contributed by atoms with E-state index in [4.69, 9.17) is 0 Å². The summed E-state index contributed by atoms with van der Waals surface area (Å²) in [7, 11) is 1.96. The van der Waals surface area contributed by atoms with Crippen LogP contribution in [0.5, 0.6) is 0 Å². The molecule has 0 unspecified atom stereocenters. The fourth-order valence-electron chi connectivity index (χ4n) is 1.06. The van der Waals surface area contributed by atoms with Crippen molar-refractivity contribution in [2.24, 2.45) is 0 Å². The molecule has 0 amide bonds. The predicted molar refractivity (Wildman–Crippen MR) is 54.2 cm³/mol. The molecule has 0 fully saturated rings. The molecule has 0 bridgehead atoms. The lowest BCUT2D eigenvalue weighted by Crippen LogP contribution is -2.13. The van der Waals surface area contributed by atoms with Gasteiger partial charge in [-0.15, -0.1) is 0 Å². The van der Waals surface area contributed by atoms with Gasteiger partial charge in [-0.25, -0.2) is 4.39 Å². The summed E-state index contributed by atoms with van der Waals surface area (Å²) < 4.78 is 12.6. The predicted octanol–water partition coefficient (Wildman–Crippen LogP) is 3.19. The van der Waals surface area contributed by atoms with Crippen LogP contribution in [-0.4, -0.2) is 7.05 Å². The van der Waals surface area contributed by atoms with Crippen LogP contribution in [0.15, 0.2) is 36.0 Å². The molecule has 1 nitrogen and oxygen atoms in total. The Morgan fingerprint density at radius 1 is 1.31 bits per heavy atom. The Hall–Kier alpha value is -1.31. The van der Waals surface area contributed by atoms with Crippen LogP contribution in [-0.2, 0) is 0 Å². The third kappa shape index (κ3) is 2.31. The van der Waals surface area contributed by atoms with E-state index >= 15 is 0 Å². The van der Waals surface area contributed by atoms with Gasteiger partial charge in [0.25, 0.3) is 0 Å². The van der Waals surface area contributed by atoms with E-state index < -0.39 is 0 Å². The molecule has 0 atom stereocenters. The standard InChI is InChI=1S/C11H14FN/c1-4-9(2)13(3)11-7-5-10(12)6-8-11/h4-8H,1-3H3/b9-4+. The van der Waals surface area contributed by atoms with Crippen LogP contribution < -0.4 is 4.90 Å². The SMILES string of the molecule is C/C=C(\C)N(C)c1ccc(F)cc1. The highest BCUT2D eigenvalue weighted by Gasteiger charge is 2.00. The number of benzene rings is 1. The fraction of sp³-hybridized carbons (Fsp3) is 0.273. The van der Waals surface area contributed by atoms with Crippen molar-refractivity contribution in [1.82, 2.24) is 0 Å². The van der Waals surface area contributed by atoms with Crippen molar-refractivity contribution in [2.75, 3.05) is 11.9 Å². The highest BCUT2D eigenvalue weighted by atomic mass is 19.1. The summed E-state index contributed by atoms with van der Waals surface area (Å²) in [6.07, 6.45) is 2.02. The number of anilines is 1. The van der Waals surface area contributed by atoms with E-state index in [0.717, 1.165) is 11.4 Å². The van der Waals surface area contributed by atoms with Crippen molar-refractivity contribution in [2.45, 2.75) is 13.8 Å². The molecular formula is C11H14FN. The Kier molecular flexibility index (Phi) is 3.07. The maximum absolute atomic E-state index is 12.6. The van der Waals surface area contributed by atoms with Gasteiger partial charge in [0.2, 0.25) is 0 Å². The van der Waals surface area contributed by atoms with Gasteiger partial charge in [0.05, 0.1) is 0 Å². The Morgan fingerprint density at radius 2 is 1.85 bits per heavy atom. The highest BCUT2D eigenvalue weighted by Crippen LogP contribution is 2.16. The number of nitrogens with zero attached hydrogens (tertiary/aromatic N) is 1. The minimum atomic E-state index is -0.199. The summed E-state index contributed by atoms with van der Waals surface area (Å²) >= 11 is 0. The number of allylic oxidation sites excluding steroid dienone is 2. The third-order valence-corrected chi connectivity index (χ3v) is 2.16. The first-order chi connectivity index (χ1) is 6.15. The summed E-state index contributed by atoms with van der Waals surface area (Å²) in [5, 5.41) is 0. The van der Waals surface area contributed by atoms with E-state index in [1.807, 2.05) is 31.9 Å². The molecule has 1 aromatic carbocycles. The smallest absolute Gasteiger partial charge is 0.123 e. The average Bonchev–Trinajstić information content (AvgIpc) is 2.17. The first-order valence-corrected chi connectivity index (χ1v) is 4.27. The zero-order chi connectivity index (χ0) is 9.84. The zero-order valence-electron chi connectivity index (χ0n) is 8.21. The van der Waals surface area contributed by atoms with Gasteiger partial charge in [-0.1, -0.05) is 6.08 Å². The molecule has 13 heavy (non-hydrogen) atoms. The molecule has 0 N–H and O–H groups in total. The molecule has 0 aliphatic rings. The average molecular weight is 179 g/mol. The van der Waals surface area contributed by atoms with Crippen molar-refractivity contribution < 1.29 is 4.39 Å². The van der Waals surface area contributed by atoms with Crippen LogP contribution >= 0.6 is 0 Å². The molecule has 70 valence electrons. The van der Waals surface area contributed by atoms with Crippen LogP contribution in [0.1, 0.15) is 13.8 Å². The summed E-state index contributed by atoms with van der Waals surface area (Å²) in [5.74, 6) is -0.199. The molecule has 0 radical (unpaired) electrons. The first-order valence-electron chi connectivity index (χ1n) is 4.27. The molecule has 0 aromatic heterocycles. The topological polar surface area (TPSA) is 3.24 Å². The van der Waals surface area contributed by atoms with Crippen molar-refractivity contribution in [3.8, 4) is 0 Å². The Labute approximate surface area is 78.5 Å². The molecule has 1 aromatic rings. The van der Waals surface area contributed by atoms with Gasteiger partial charge in [-0.2, -0.15) is 0 Å². The number of hydrogen-bond donors (Lipinski definition) is 0. The number of halogens is 1. The molecule has 0 spiro atoms. The first kappa shape index (κ1) is 9.78. The summed E-state index contributed by atoms with van der Waals surface area (Å²) in [6.45, 7) is 4.00. The lowest BCUT2D eigenvalue weighted by atomic mass is 10.2. The van der Waals surface area contributed by atoms with Crippen molar-refractivity contribution >= 4 is 5.69 Å². The lowest BCUT2D eigenvalue weighted by Gasteiger charge is -2.19.